The number of hydrazine groups is 1. The summed E-state index contributed by atoms with van der Waals surface area (Å²) in [5.41, 5.74) is -0.441. The van der Waals surface area contributed by atoms with Crippen molar-refractivity contribution < 1.29 is 18.1 Å². The lowest BCUT2D eigenvalue weighted by Gasteiger charge is -2.26. The number of sulfonamides is 1. The van der Waals surface area contributed by atoms with E-state index in [1.807, 2.05) is 0 Å². The summed E-state index contributed by atoms with van der Waals surface area (Å²) < 4.78 is 29.4. The third-order valence-corrected chi connectivity index (χ3v) is 4.03. The molecule has 104 valence electrons. The summed E-state index contributed by atoms with van der Waals surface area (Å²) in [4.78, 5) is 12.1. The first-order valence-corrected chi connectivity index (χ1v) is 7.07. The van der Waals surface area contributed by atoms with Crippen LogP contribution in [0.15, 0.2) is 29.2 Å². The Morgan fingerprint density at radius 2 is 1.89 bits per heavy atom. The van der Waals surface area contributed by atoms with Gasteiger partial charge in [-0.2, -0.15) is 0 Å². The van der Waals surface area contributed by atoms with Crippen LogP contribution in [-0.2, 0) is 14.8 Å². The first-order chi connectivity index (χ1) is 9.00. The van der Waals surface area contributed by atoms with Gasteiger partial charge in [-0.25, -0.2) is 13.4 Å². The second kappa shape index (κ2) is 5.61. The quantitative estimate of drug-likeness (QED) is 0.623. The summed E-state index contributed by atoms with van der Waals surface area (Å²) in [6.45, 7) is 1.64. The fourth-order valence-corrected chi connectivity index (χ4v) is 3.01. The van der Waals surface area contributed by atoms with Gasteiger partial charge in [0, 0.05) is 19.2 Å². The van der Waals surface area contributed by atoms with Crippen LogP contribution in [0.3, 0.4) is 0 Å². The molecule has 0 aromatic heterocycles. The van der Waals surface area contributed by atoms with Crippen LogP contribution in [0.2, 0.25) is 0 Å². The van der Waals surface area contributed by atoms with E-state index < -0.39 is 20.6 Å². The number of nitro benzene ring substituents is 1. The third-order valence-electron chi connectivity index (χ3n) is 2.61. The Hall–Kier alpha value is -1.55. The molecule has 2 rings (SSSR count). The Kier molecular flexibility index (Phi) is 4.10. The molecule has 9 heteroatoms. The zero-order valence-corrected chi connectivity index (χ0v) is 10.8. The molecule has 0 radical (unpaired) electrons. The maximum absolute atomic E-state index is 12.1. The smallest absolute Gasteiger partial charge is 0.289 e. The molecule has 0 amide bonds. The topological polar surface area (TPSA) is 102 Å². The number of rotatable bonds is 4. The lowest BCUT2D eigenvalue weighted by atomic mass is 10.3. The van der Waals surface area contributed by atoms with Gasteiger partial charge in [-0.15, -0.1) is 4.83 Å². The van der Waals surface area contributed by atoms with Crippen molar-refractivity contribution in [1.29, 1.82) is 0 Å². The number of hydrogen-bond donors (Lipinski definition) is 1. The average molecular weight is 287 g/mol. The van der Waals surface area contributed by atoms with Crippen LogP contribution >= 0.6 is 0 Å². The highest BCUT2D eigenvalue weighted by molar-refractivity contribution is 7.89. The van der Waals surface area contributed by atoms with Crippen LogP contribution in [0.25, 0.3) is 0 Å². The van der Waals surface area contributed by atoms with E-state index in [-0.39, 0.29) is 4.90 Å². The second-order valence-corrected chi connectivity index (χ2v) is 5.55. The molecule has 8 nitrogen and oxygen atoms in total. The molecule has 1 saturated heterocycles. The number of benzene rings is 1. The van der Waals surface area contributed by atoms with Crippen LogP contribution in [0.4, 0.5) is 5.69 Å². The highest BCUT2D eigenvalue weighted by Crippen LogP contribution is 2.22. The van der Waals surface area contributed by atoms with Crippen LogP contribution < -0.4 is 4.83 Å². The van der Waals surface area contributed by atoms with Crippen molar-refractivity contribution in [2.24, 2.45) is 0 Å². The van der Waals surface area contributed by atoms with Gasteiger partial charge in [0.15, 0.2) is 4.90 Å². The fraction of sp³-hybridized carbons (Fsp3) is 0.400. The van der Waals surface area contributed by atoms with Gasteiger partial charge in [-0.05, 0) is 6.07 Å². The first kappa shape index (κ1) is 13.9. The Bertz CT molecular complexity index is 568. The fourth-order valence-electron chi connectivity index (χ4n) is 1.71. The maximum atomic E-state index is 12.1. The van der Waals surface area contributed by atoms with E-state index in [2.05, 4.69) is 4.83 Å². The van der Waals surface area contributed by atoms with Crippen molar-refractivity contribution in [1.82, 2.24) is 9.84 Å². The van der Waals surface area contributed by atoms with Crippen molar-refractivity contribution in [3.05, 3.63) is 34.4 Å². The average Bonchev–Trinajstić information content (AvgIpc) is 2.39. The van der Waals surface area contributed by atoms with Gasteiger partial charge in [-0.3, -0.25) is 10.1 Å². The summed E-state index contributed by atoms with van der Waals surface area (Å²) in [7, 11) is -3.96. The molecule has 0 bridgehead atoms. The summed E-state index contributed by atoms with van der Waals surface area (Å²) in [5, 5.41) is 12.3. The molecule has 1 aromatic rings. The van der Waals surface area contributed by atoms with E-state index in [0.717, 1.165) is 6.07 Å². The van der Waals surface area contributed by atoms with E-state index in [9.17, 15) is 18.5 Å². The standard InChI is InChI=1S/C10H13N3O5S/c14-13(15)9-3-1-2-4-10(9)19(16,17)11-12-5-7-18-8-6-12/h1-4,11H,5-8H2. The number of hydrogen-bond acceptors (Lipinski definition) is 6. The predicted octanol–water partition coefficient (Wildman–Crippen LogP) is 0.120. The molecular formula is C10H13N3O5S. The van der Waals surface area contributed by atoms with Gasteiger partial charge in [-0.1, -0.05) is 12.1 Å². The van der Waals surface area contributed by atoms with Gasteiger partial charge < -0.3 is 4.74 Å². The number of morpholine rings is 1. The highest BCUT2D eigenvalue weighted by atomic mass is 32.2. The predicted molar refractivity (Wildman–Crippen MR) is 65.8 cm³/mol. The summed E-state index contributed by atoms with van der Waals surface area (Å²) in [6, 6.07) is 5.24. The molecular weight excluding hydrogens is 274 g/mol. The third kappa shape index (κ3) is 3.26. The number of nitrogens with one attached hydrogen (secondary N) is 1. The SMILES string of the molecule is O=[N+]([O-])c1ccccc1S(=O)(=O)NN1CCOCC1. The minimum Gasteiger partial charge on any atom is -0.379 e. The number of para-hydroxylation sites is 1. The lowest BCUT2D eigenvalue weighted by molar-refractivity contribution is -0.387. The molecule has 1 N–H and O–H groups in total. The lowest BCUT2D eigenvalue weighted by Crippen LogP contribution is -2.48. The molecule has 1 heterocycles. The van der Waals surface area contributed by atoms with Crippen molar-refractivity contribution in [3.63, 3.8) is 0 Å². The molecule has 0 atom stereocenters. The first-order valence-electron chi connectivity index (χ1n) is 5.59. The van der Waals surface area contributed by atoms with E-state index in [0.29, 0.717) is 26.3 Å². The minimum atomic E-state index is -3.96. The van der Waals surface area contributed by atoms with E-state index in [1.54, 1.807) is 0 Å². The largest absolute Gasteiger partial charge is 0.379 e. The number of nitrogens with zero attached hydrogens (tertiary/aromatic N) is 2. The molecule has 19 heavy (non-hydrogen) atoms. The monoisotopic (exact) mass is 287 g/mol. The van der Waals surface area contributed by atoms with Crippen molar-refractivity contribution in [2.45, 2.75) is 4.90 Å². The molecule has 0 aliphatic carbocycles. The Labute approximate surface area is 110 Å². The molecule has 0 unspecified atom stereocenters. The summed E-state index contributed by atoms with van der Waals surface area (Å²) in [6.07, 6.45) is 0. The molecule has 1 aromatic carbocycles. The van der Waals surface area contributed by atoms with Crippen LogP contribution in [0, 0.1) is 10.1 Å². The number of ether oxygens (including phenoxy) is 1. The van der Waals surface area contributed by atoms with E-state index in [4.69, 9.17) is 4.74 Å². The summed E-state index contributed by atoms with van der Waals surface area (Å²) >= 11 is 0. The van der Waals surface area contributed by atoms with Crippen molar-refractivity contribution >= 4 is 15.7 Å². The van der Waals surface area contributed by atoms with Crippen LogP contribution in [0.1, 0.15) is 0 Å². The Morgan fingerprint density at radius 3 is 2.53 bits per heavy atom. The van der Waals surface area contributed by atoms with Crippen LogP contribution in [-0.4, -0.2) is 44.7 Å². The van der Waals surface area contributed by atoms with Gasteiger partial charge in [0.2, 0.25) is 0 Å². The van der Waals surface area contributed by atoms with E-state index >= 15 is 0 Å². The maximum Gasteiger partial charge on any atom is 0.289 e. The van der Waals surface area contributed by atoms with Crippen LogP contribution in [0.5, 0.6) is 0 Å². The zero-order chi connectivity index (χ0) is 13.9. The zero-order valence-electron chi connectivity index (χ0n) is 9.98. The molecule has 0 spiro atoms. The highest BCUT2D eigenvalue weighted by Gasteiger charge is 2.27. The molecule has 0 saturated carbocycles. The van der Waals surface area contributed by atoms with E-state index in [1.165, 1.54) is 23.2 Å². The van der Waals surface area contributed by atoms with Crippen molar-refractivity contribution in [2.75, 3.05) is 26.3 Å². The van der Waals surface area contributed by atoms with Gasteiger partial charge in [0.1, 0.15) is 0 Å². The summed E-state index contributed by atoms with van der Waals surface area (Å²) in [5.74, 6) is 0. The normalized spacial score (nSPS) is 17.3. The van der Waals surface area contributed by atoms with Gasteiger partial charge >= 0.3 is 0 Å². The minimum absolute atomic E-state index is 0.341. The Balaban J connectivity index is 2.26. The van der Waals surface area contributed by atoms with Gasteiger partial charge in [0.05, 0.1) is 18.1 Å². The molecule has 1 fully saturated rings. The van der Waals surface area contributed by atoms with Gasteiger partial charge in [0.25, 0.3) is 15.7 Å². The molecule has 1 aliphatic rings. The number of nitro groups is 1. The second-order valence-electron chi connectivity index (χ2n) is 3.92. The van der Waals surface area contributed by atoms with Crippen molar-refractivity contribution in [3.8, 4) is 0 Å². The Morgan fingerprint density at radius 1 is 1.26 bits per heavy atom. The molecule has 1 aliphatic heterocycles.